The van der Waals surface area contributed by atoms with Gasteiger partial charge in [-0.3, -0.25) is 19.3 Å². The van der Waals surface area contributed by atoms with E-state index in [9.17, 15) is 19.5 Å². The third-order valence-corrected chi connectivity index (χ3v) is 6.26. The first kappa shape index (κ1) is 18.6. The number of anilines is 1. The maximum absolute atomic E-state index is 13.1. The van der Waals surface area contributed by atoms with Gasteiger partial charge in [0.2, 0.25) is 4.96 Å². The highest BCUT2D eigenvalue weighted by atomic mass is 79.9. The molecule has 30 heavy (non-hydrogen) atoms. The number of nitrogens with zero attached hydrogens (tertiary/aromatic N) is 4. The summed E-state index contributed by atoms with van der Waals surface area (Å²) < 4.78 is 2.29. The van der Waals surface area contributed by atoms with Crippen molar-refractivity contribution >= 4 is 55.4 Å². The van der Waals surface area contributed by atoms with Gasteiger partial charge in [0, 0.05) is 15.6 Å². The SMILES string of the molecule is O=C(O)CN1C(=O)C(=c2sc3nc(-c4ccc(Br)cc4)nn3c2=O)c2ccccc21. The molecule has 5 rings (SSSR count). The average Bonchev–Trinajstić information content (AvgIpc) is 3.35. The molecule has 0 spiro atoms. The van der Waals surface area contributed by atoms with Gasteiger partial charge in [0.1, 0.15) is 11.1 Å². The molecule has 4 aromatic rings. The predicted octanol–water partition coefficient (Wildman–Crippen LogP) is 1.93. The first-order chi connectivity index (χ1) is 14.4. The van der Waals surface area contributed by atoms with E-state index in [4.69, 9.17) is 0 Å². The van der Waals surface area contributed by atoms with Crippen LogP contribution in [0.5, 0.6) is 0 Å². The highest BCUT2D eigenvalue weighted by molar-refractivity contribution is 9.10. The number of benzene rings is 2. The summed E-state index contributed by atoms with van der Waals surface area (Å²) >= 11 is 4.44. The molecule has 3 heterocycles. The van der Waals surface area contributed by atoms with Gasteiger partial charge in [-0.25, -0.2) is 0 Å². The maximum Gasteiger partial charge on any atom is 0.323 e. The van der Waals surface area contributed by atoms with Gasteiger partial charge in [0.05, 0.1) is 11.3 Å². The largest absolute Gasteiger partial charge is 0.480 e. The highest BCUT2D eigenvalue weighted by Crippen LogP contribution is 2.35. The molecule has 10 heteroatoms. The highest BCUT2D eigenvalue weighted by Gasteiger charge is 2.35. The molecule has 0 saturated carbocycles. The third kappa shape index (κ3) is 2.84. The zero-order chi connectivity index (χ0) is 21.0. The first-order valence-electron chi connectivity index (χ1n) is 8.77. The summed E-state index contributed by atoms with van der Waals surface area (Å²) in [6, 6.07) is 14.2. The molecule has 1 N–H and O–H groups in total. The third-order valence-electron chi connectivity index (χ3n) is 4.70. The number of thiazole rings is 1. The van der Waals surface area contributed by atoms with Gasteiger partial charge in [0.15, 0.2) is 5.82 Å². The first-order valence-corrected chi connectivity index (χ1v) is 10.4. The number of carboxylic acid groups (broad SMARTS) is 1. The van der Waals surface area contributed by atoms with Crippen LogP contribution in [-0.2, 0) is 9.59 Å². The summed E-state index contributed by atoms with van der Waals surface area (Å²) in [6.45, 7) is -0.484. The Morgan fingerprint density at radius 3 is 2.53 bits per heavy atom. The van der Waals surface area contributed by atoms with Crippen molar-refractivity contribution in [2.24, 2.45) is 0 Å². The Hall–Kier alpha value is -3.37. The molecular weight excluding hydrogens is 472 g/mol. The van der Waals surface area contributed by atoms with E-state index in [0.29, 0.717) is 22.0 Å². The number of carbonyl (C=O) groups is 2. The lowest BCUT2D eigenvalue weighted by atomic mass is 10.1. The maximum atomic E-state index is 13.1. The van der Waals surface area contributed by atoms with E-state index in [2.05, 4.69) is 26.0 Å². The van der Waals surface area contributed by atoms with Crippen molar-refractivity contribution < 1.29 is 14.7 Å². The van der Waals surface area contributed by atoms with Crippen molar-refractivity contribution in [1.29, 1.82) is 0 Å². The normalized spacial score (nSPS) is 15.1. The molecule has 148 valence electrons. The molecule has 0 aliphatic carbocycles. The molecule has 2 aromatic heterocycles. The van der Waals surface area contributed by atoms with Crippen LogP contribution in [0.2, 0.25) is 0 Å². The quantitative estimate of drug-likeness (QED) is 0.478. The van der Waals surface area contributed by atoms with Gasteiger partial charge in [-0.15, -0.1) is 5.10 Å². The zero-order valence-electron chi connectivity index (χ0n) is 15.1. The lowest BCUT2D eigenvalue weighted by Crippen LogP contribution is -2.35. The van der Waals surface area contributed by atoms with Crippen LogP contribution in [0.4, 0.5) is 5.69 Å². The van der Waals surface area contributed by atoms with Crippen LogP contribution >= 0.6 is 27.3 Å². The number of carboxylic acids is 1. The fourth-order valence-corrected chi connectivity index (χ4v) is 4.66. The van der Waals surface area contributed by atoms with Crippen molar-refractivity contribution in [3.8, 4) is 11.4 Å². The molecule has 8 nitrogen and oxygen atoms in total. The van der Waals surface area contributed by atoms with E-state index in [-0.39, 0.29) is 10.1 Å². The molecule has 0 bridgehead atoms. The Labute approximate surface area is 180 Å². The molecular formula is C20H11BrN4O4S. The van der Waals surface area contributed by atoms with Crippen LogP contribution in [0.25, 0.3) is 21.9 Å². The summed E-state index contributed by atoms with van der Waals surface area (Å²) in [5.74, 6) is -1.25. The second-order valence-electron chi connectivity index (χ2n) is 6.55. The monoisotopic (exact) mass is 482 g/mol. The van der Waals surface area contributed by atoms with Crippen LogP contribution in [0.3, 0.4) is 0 Å². The summed E-state index contributed by atoms with van der Waals surface area (Å²) in [7, 11) is 0. The predicted molar refractivity (Wildman–Crippen MR) is 114 cm³/mol. The minimum atomic E-state index is -1.14. The average molecular weight is 483 g/mol. The van der Waals surface area contributed by atoms with Crippen molar-refractivity contribution in [1.82, 2.24) is 14.6 Å². The summed E-state index contributed by atoms with van der Waals surface area (Å²) in [5.41, 5.74) is 1.48. The summed E-state index contributed by atoms with van der Waals surface area (Å²) in [6.07, 6.45) is 0. The number of rotatable bonds is 3. The van der Waals surface area contributed by atoms with Crippen LogP contribution in [0.15, 0.2) is 57.8 Å². The fraction of sp³-hybridized carbons (Fsp3) is 0.0500. The lowest BCUT2D eigenvalue weighted by molar-refractivity contribution is -0.136. The van der Waals surface area contributed by atoms with Gasteiger partial charge in [0.25, 0.3) is 11.5 Å². The van der Waals surface area contributed by atoms with E-state index in [1.165, 1.54) is 4.52 Å². The molecule has 1 amide bonds. The number of aliphatic carboxylic acids is 1. The number of para-hydroxylation sites is 1. The Bertz CT molecular complexity index is 1460. The molecule has 0 unspecified atom stereocenters. The smallest absolute Gasteiger partial charge is 0.323 e. The van der Waals surface area contributed by atoms with E-state index in [1.807, 2.05) is 24.3 Å². The molecule has 1 aliphatic rings. The molecule has 1 aliphatic heterocycles. The molecule has 0 fully saturated rings. The Morgan fingerprint density at radius 1 is 1.10 bits per heavy atom. The number of aromatic nitrogens is 3. The number of fused-ring (bicyclic) bond motifs is 2. The van der Waals surface area contributed by atoms with Crippen molar-refractivity contribution in [3.05, 3.63) is 73.5 Å². The second-order valence-corrected chi connectivity index (χ2v) is 8.44. The van der Waals surface area contributed by atoms with E-state index < -0.39 is 24.0 Å². The van der Waals surface area contributed by atoms with Gasteiger partial charge < -0.3 is 5.11 Å². The zero-order valence-corrected chi connectivity index (χ0v) is 17.5. The van der Waals surface area contributed by atoms with Crippen LogP contribution in [0, 0.1) is 0 Å². The fourth-order valence-electron chi connectivity index (χ4n) is 3.40. The molecule has 2 aromatic carbocycles. The lowest BCUT2D eigenvalue weighted by Gasteiger charge is -2.13. The number of hydrogen-bond donors (Lipinski definition) is 1. The minimum Gasteiger partial charge on any atom is -0.480 e. The van der Waals surface area contributed by atoms with Gasteiger partial charge >= 0.3 is 5.97 Å². The number of carbonyl (C=O) groups excluding carboxylic acids is 1. The minimum absolute atomic E-state index is 0.180. The molecule has 0 radical (unpaired) electrons. The number of hydrogen-bond acceptors (Lipinski definition) is 6. The summed E-state index contributed by atoms with van der Waals surface area (Å²) in [4.78, 5) is 43.2. The Morgan fingerprint density at radius 2 is 1.83 bits per heavy atom. The van der Waals surface area contributed by atoms with Crippen molar-refractivity contribution in [2.45, 2.75) is 0 Å². The van der Waals surface area contributed by atoms with Gasteiger partial charge in [-0.05, 0) is 18.2 Å². The molecule has 0 saturated heterocycles. The number of amides is 1. The van der Waals surface area contributed by atoms with E-state index in [1.54, 1.807) is 24.3 Å². The van der Waals surface area contributed by atoms with Crippen LogP contribution in [0.1, 0.15) is 5.56 Å². The van der Waals surface area contributed by atoms with Gasteiger partial charge in [-0.1, -0.05) is 57.6 Å². The van der Waals surface area contributed by atoms with Crippen LogP contribution < -0.4 is 15.0 Å². The topological polar surface area (TPSA) is 105 Å². The summed E-state index contributed by atoms with van der Waals surface area (Å²) in [5, 5.41) is 13.5. The Balaban J connectivity index is 1.70. The van der Waals surface area contributed by atoms with Crippen LogP contribution in [-0.4, -0.2) is 38.1 Å². The van der Waals surface area contributed by atoms with Crippen molar-refractivity contribution in [3.63, 3.8) is 0 Å². The second kappa shape index (κ2) is 6.85. The molecule has 0 atom stereocenters. The van der Waals surface area contributed by atoms with E-state index >= 15 is 0 Å². The standard InChI is InChI=1S/C20H11BrN4O4S/c21-11-7-5-10(6-8-11)17-22-20-25(23-17)19(29)16(30-20)15-12-3-1-2-4-13(12)24(18(15)28)9-14(26)27/h1-8H,9H2,(H,26,27). The Kier molecular flexibility index (Phi) is 4.26. The van der Waals surface area contributed by atoms with Crippen molar-refractivity contribution in [2.75, 3.05) is 11.4 Å². The number of halogens is 1. The van der Waals surface area contributed by atoms with E-state index in [0.717, 1.165) is 26.3 Å². The van der Waals surface area contributed by atoms with Gasteiger partial charge in [-0.2, -0.15) is 9.50 Å².